The maximum Gasteiger partial charge on any atom is 0.137 e. The quantitative estimate of drug-likeness (QED) is 0.224. The minimum absolute atomic E-state index is 0.903. The van der Waals surface area contributed by atoms with Gasteiger partial charge in [0.1, 0.15) is 11.2 Å². The molecule has 0 saturated heterocycles. The first kappa shape index (κ1) is 21.1. The zero-order chi connectivity index (χ0) is 25.5. The molecule has 0 unspecified atom stereocenters. The molecule has 0 spiro atoms. The molecule has 3 heteroatoms. The molecule has 6 aromatic carbocycles. The van der Waals surface area contributed by atoms with Gasteiger partial charge in [0.25, 0.3) is 0 Å². The van der Waals surface area contributed by atoms with Crippen molar-refractivity contribution in [2.75, 3.05) is 0 Å². The van der Waals surface area contributed by atoms with E-state index in [0.717, 1.165) is 27.8 Å². The third kappa shape index (κ3) is 2.91. The molecule has 2 nitrogen and oxygen atoms in total. The minimum Gasteiger partial charge on any atom is -0.456 e. The number of benzene rings is 6. The van der Waals surface area contributed by atoms with Crippen LogP contribution < -0.4 is 0 Å². The summed E-state index contributed by atoms with van der Waals surface area (Å²) in [6.45, 7) is 0. The fourth-order valence-corrected chi connectivity index (χ4v) is 7.56. The van der Waals surface area contributed by atoms with Crippen LogP contribution in [0.1, 0.15) is 0 Å². The standard InChI is InChI=1S/C36H21NOS/c1-3-15-31-25(8-1)27-11-6-13-29-34(27)35-30(14-7-16-32(35)38-31)37(29)23-20-18-22(19-21-23)24-10-5-12-28-26-9-2-4-17-33(26)39-36(24)28/h1-21H. The van der Waals surface area contributed by atoms with E-state index < -0.39 is 0 Å². The van der Waals surface area contributed by atoms with Crippen molar-refractivity contribution in [3.63, 3.8) is 0 Å². The second kappa shape index (κ2) is 7.83. The number of hydrogen-bond acceptors (Lipinski definition) is 2. The van der Waals surface area contributed by atoms with Crippen molar-refractivity contribution in [1.82, 2.24) is 4.57 Å². The van der Waals surface area contributed by atoms with Crippen LogP contribution in [-0.4, -0.2) is 4.57 Å². The van der Waals surface area contributed by atoms with Gasteiger partial charge in [0.15, 0.2) is 0 Å². The summed E-state index contributed by atoms with van der Waals surface area (Å²) in [5.74, 6) is 0. The molecule has 0 aliphatic carbocycles. The maximum absolute atomic E-state index is 6.50. The highest BCUT2D eigenvalue weighted by Gasteiger charge is 2.18. The molecule has 182 valence electrons. The van der Waals surface area contributed by atoms with Crippen LogP contribution in [0.4, 0.5) is 0 Å². The van der Waals surface area contributed by atoms with Gasteiger partial charge in [0, 0.05) is 36.6 Å². The van der Waals surface area contributed by atoms with Crippen molar-refractivity contribution in [3.8, 4) is 16.8 Å². The monoisotopic (exact) mass is 515 g/mol. The van der Waals surface area contributed by atoms with Crippen molar-refractivity contribution in [1.29, 1.82) is 0 Å². The van der Waals surface area contributed by atoms with Crippen LogP contribution in [0.2, 0.25) is 0 Å². The number of fused-ring (bicyclic) bond motifs is 5. The van der Waals surface area contributed by atoms with Crippen molar-refractivity contribution in [2.24, 2.45) is 0 Å². The van der Waals surface area contributed by atoms with E-state index in [9.17, 15) is 0 Å². The molecular formula is C36H21NOS. The Bertz CT molecular complexity index is 2380. The highest BCUT2D eigenvalue weighted by molar-refractivity contribution is 7.26. The number of rotatable bonds is 2. The number of aromatic nitrogens is 1. The van der Waals surface area contributed by atoms with Gasteiger partial charge < -0.3 is 8.98 Å². The number of para-hydroxylation sites is 1. The predicted octanol–water partition coefficient (Wildman–Crippen LogP) is 10.7. The van der Waals surface area contributed by atoms with Crippen LogP contribution in [0, 0.1) is 0 Å². The zero-order valence-corrected chi connectivity index (χ0v) is 21.7. The Labute approximate surface area is 227 Å². The summed E-state index contributed by atoms with van der Waals surface area (Å²) in [6, 6.07) is 45.7. The van der Waals surface area contributed by atoms with E-state index in [4.69, 9.17) is 4.42 Å². The average molecular weight is 516 g/mol. The molecule has 0 aliphatic rings. The Morgan fingerprint density at radius 3 is 2.05 bits per heavy atom. The van der Waals surface area contributed by atoms with Crippen LogP contribution in [-0.2, 0) is 0 Å². The minimum atomic E-state index is 0.903. The Morgan fingerprint density at radius 1 is 0.487 bits per heavy atom. The molecule has 3 heterocycles. The number of thiophene rings is 1. The number of hydrogen-bond donors (Lipinski definition) is 0. The lowest BCUT2D eigenvalue weighted by molar-refractivity contribution is 0.664. The summed E-state index contributed by atoms with van der Waals surface area (Å²) in [4.78, 5) is 0. The topological polar surface area (TPSA) is 18.1 Å². The Morgan fingerprint density at radius 2 is 1.15 bits per heavy atom. The first-order valence-corrected chi connectivity index (χ1v) is 14.0. The lowest BCUT2D eigenvalue weighted by atomic mass is 10.0. The third-order valence-electron chi connectivity index (χ3n) is 8.02. The molecule has 0 amide bonds. The lowest BCUT2D eigenvalue weighted by Crippen LogP contribution is -1.93. The molecule has 39 heavy (non-hydrogen) atoms. The molecule has 0 N–H and O–H groups in total. The van der Waals surface area contributed by atoms with E-state index in [1.807, 2.05) is 17.4 Å². The van der Waals surface area contributed by atoms with E-state index >= 15 is 0 Å². The fourth-order valence-electron chi connectivity index (χ4n) is 6.32. The van der Waals surface area contributed by atoms with E-state index in [-0.39, 0.29) is 0 Å². The Hall–Kier alpha value is -4.86. The van der Waals surface area contributed by atoms with Gasteiger partial charge in [-0.05, 0) is 59.0 Å². The largest absolute Gasteiger partial charge is 0.456 e. The summed E-state index contributed by atoms with van der Waals surface area (Å²) in [5, 5.41) is 7.41. The van der Waals surface area contributed by atoms with E-state index in [0.29, 0.717) is 0 Å². The van der Waals surface area contributed by atoms with Gasteiger partial charge in [-0.25, -0.2) is 0 Å². The van der Waals surface area contributed by atoms with Gasteiger partial charge in [-0.3, -0.25) is 0 Å². The van der Waals surface area contributed by atoms with Crippen molar-refractivity contribution >= 4 is 75.3 Å². The second-order valence-corrected chi connectivity index (χ2v) is 11.2. The average Bonchev–Trinajstić information content (AvgIpc) is 3.49. The van der Waals surface area contributed by atoms with Crippen LogP contribution in [0.15, 0.2) is 132 Å². The predicted molar refractivity (Wildman–Crippen MR) is 166 cm³/mol. The van der Waals surface area contributed by atoms with Gasteiger partial charge in [-0.15, -0.1) is 11.3 Å². The molecule has 0 radical (unpaired) electrons. The first-order chi connectivity index (χ1) is 19.3. The Balaban J connectivity index is 1.29. The SMILES string of the molecule is c1ccc2c(c1)oc1cccc3c1c1c2cccc1n3-c1ccc(-c2cccc3c2sc2ccccc23)cc1. The molecule has 0 fully saturated rings. The van der Waals surface area contributed by atoms with Gasteiger partial charge >= 0.3 is 0 Å². The zero-order valence-electron chi connectivity index (χ0n) is 20.9. The van der Waals surface area contributed by atoms with Crippen LogP contribution in [0.25, 0.3) is 80.7 Å². The molecule has 0 saturated carbocycles. The van der Waals surface area contributed by atoms with Crippen LogP contribution >= 0.6 is 11.3 Å². The van der Waals surface area contributed by atoms with E-state index in [1.165, 1.54) is 53.0 Å². The second-order valence-electron chi connectivity index (χ2n) is 10.1. The molecule has 9 aromatic rings. The molecule has 3 aromatic heterocycles. The van der Waals surface area contributed by atoms with Crippen molar-refractivity contribution < 1.29 is 4.42 Å². The highest BCUT2D eigenvalue weighted by atomic mass is 32.1. The fraction of sp³-hybridized carbons (Fsp3) is 0. The van der Waals surface area contributed by atoms with Gasteiger partial charge in [-0.1, -0.05) is 84.9 Å². The van der Waals surface area contributed by atoms with Gasteiger partial charge in [0.2, 0.25) is 0 Å². The van der Waals surface area contributed by atoms with Crippen LogP contribution in [0.5, 0.6) is 0 Å². The smallest absolute Gasteiger partial charge is 0.137 e. The van der Waals surface area contributed by atoms with E-state index in [2.05, 4.69) is 126 Å². The highest BCUT2D eigenvalue weighted by Crippen LogP contribution is 2.42. The summed E-state index contributed by atoms with van der Waals surface area (Å²) in [7, 11) is 0. The summed E-state index contributed by atoms with van der Waals surface area (Å²) in [6.07, 6.45) is 0. The number of nitrogens with zero attached hydrogens (tertiary/aromatic N) is 1. The summed E-state index contributed by atoms with van der Waals surface area (Å²) in [5.41, 5.74) is 7.81. The van der Waals surface area contributed by atoms with Crippen molar-refractivity contribution in [2.45, 2.75) is 0 Å². The third-order valence-corrected chi connectivity index (χ3v) is 9.24. The summed E-state index contributed by atoms with van der Waals surface area (Å²) >= 11 is 1.88. The Kier molecular flexibility index (Phi) is 4.24. The normalized spacial score (nSPS) is 12.1. The maximum atomic E-state index is 6.50. The molecule has 0 atom stereocenters. The summed E-state index contributed by atoms with van der Waals surface area (Å²) < 4.78 is 11.5. The lowest BCUT2D eigenvalue weighted by Gasteiger charge is -2.10. The molecule has 0 bridgehead atoms. The molecule has 9 rings (SSSR count). The van der Waals surface area contributed by atoms with Gasteiger partial charge in [0.05, 0.1) is 16.4 Å². The van der Waals surface area contributed by atoms with Crippen molar-refractivity contribution in [3.05, 3.63) is 127 Å². The first-order valence-electron chi connectivity index (χ1n) is 13.2. The molecular weight excluding hydrogens is 494 g/mol. The van der Waals surface area contributed by atoms with Gasteiger partial charge in [-0.2, -0.15) is 0 Å². The molecule has 0 aliphatic heterocycles. The van der Waals surface area contributed by atoms with E-state index in [1.54, 1.807) is 0 Å². The van der Waals surface area contributed by atoms with Crippen LogP contribution in [0.3, 0.4) is 0 Å².